The second-order valence-corrected chi connectivity index (χ2v) is 9.18. The van der Waals surface area contributed by atoms with Crippen LogP contribution in [0.25, 0.3) is 10.1 Å². The lowest BCUT2D eigenvalue weighted by molar-refractivity contribution is 0.0532. The minimum absolute atomic E-state index is 0.102. The maximum absolute atomic E-state index is 12.8. The van der Waals surface area contributed by atoms with Crippen molar-refractivity contribution in [2.45, 2.75) is 18.4 Å². The Kier molecular flexibility index (Phi) is 5.51. The summed E-state index contributed by atoms with van der Waals surface area (Å²) in [6.45, 7) is 2.52. The fourth-order valence-corrected chi connectivity index (χ4v) is 4.88. The highest BCUT2D eigenvalue weighted by Gasteiger charge is 2.18. The number of hydrogen-bond donors (Lipinski definition) is 1. The van der Waals surface area contributed by atoms with Gasteiger partial charge in [-0.05, 0) is 54.3 Å². The van der Waals surface area contributed by atoms with Crippen LogP contribution < -0.4 is 4.72 Å². The molecule has 0 atom stereocenters. The molecule has 0 spiro atoms. The Morgan fingerprint density at radius 3 is 2.77 bits per heavy atom. The second kappa shape index (κ2) is 8.25. The number of carbonyl (C=O) groups excluding carboxylic acids is 1. The molecule has 8 nitrogen and oxygen atoms in total. The van der Waals surface area contributed by atoms with Crippen LogP contribution in [0.2, 0.25) is 0 Å². The first-order chi connectivity index (χ1) is 14.4. The highest BCUT2D eigenvalue weighted by Crippen LogP contribution is 2.29. The van der Waals surface area contributed by atoms with Crippen LogP contribution in [0.1, 0.15) is 22.2 Å². The molecular formula is C20H18N4O4S2. The Balaban J connectivity index is 1.53. The largest absolute Gasteiger partial charge is 0.462 e. The summed E-state index contributed by atoms with van der Waals surface area (Å²) in [5.74, 6) is -0.414. The van der Waals surface area contributed by atoms with Crippen molar-refractivity contribution in [3.05, 3.63) is 71.6 Å². The average molecular weight is 443 g/mol. The van der Waals surface area contributed by atoms with Gasteiger partial charge in [0.15, 0.2) is 0 Å². The fraction of sp³-hybridized carbons (Fsp3) is 0.150. The molecule has 154 valence electrons. The molecule has 3 heterocycles. The summed E-state index contributed by atoms with van der Waals surface area (Å²) in [5.41, 5.74) is 1.37. The van der Waals surface area contributed by atoms with Crippen LogP contribution in [-0.2, 0) is 21.3 Å². The normalized spacial score (nSPS) is 11.5. The third kappa shape index (κ3) is 4.34. The third-order valence-corrected chi connectivity index (χ3v) is 6.73. The predicted octanol–water partition coefficient (Wildman–Crippen LogP) is 3.52. The van der Waals surface area contributed by atoms with Crippen LogP contribution in [0.15, 0.2) is 66.1 Å². The van der Waals surface area contributed by atoms with Gasteiger partial charge in [-0.15, -0.1) is 11.3 Å². The summed E-state index contributed by atoms with van der Waals surface area (Å²) in [5, 5.41) is 4.87. The van der Waals surface area contributed by atoms with Gasteiger partial charge < -0.3 is 4.74 Å². The molecule has 1 N–H and O–H groups in total. The topological polar surface area (TPSA) is 103 Å². The van der Waals surface area contributed by atoms with E-state index in [2.05, 4.69) is 14.8 Å². The van der Waals surface area contributed by atoms with Crippen LogP contribution in [0.5, 0.6) is 0 Å². The molecule has 3 aromatic heterocycles. The number of sulfonamides is 1. The van der Waals surface area contributed by atoms with E-state index in [1.165, 1.54) is 29.7 Å². The van der Waals surface area contributed by atoms with E-state index in [1.807, 2.05) is 12.1 Å². The van der Waals surface area contributed by atoms with Crippen LogP contribution in [-0.4, -0.2) is 35.8 Å². The summed E-state index contributed by atoms with van der Waals surface area (Å²) >= 11 is 1.27. The number of fused-ring (bicyclic) bond motifs is 1. The van der Waals surface area contributed by atoms with Gasteiger partial charge in [0, 0.05) is 23.3 Å². The zero-order valence-electron chi connectivity index (χ0n) is 16.0. The van der Waals surface area contributed by atoms with E-state index >= 15 is 0 Å². The maximum atomic E-state index is 12.8. The third-order valence-electron chi connectivity index (χ3n) is 4.25. The van der Waals surface area contributed by atoms with E-state index in [1.54, 1.807) is 42.3 Å². The van der Waals surface area contributed by atoms with Crippen molar-refractivity contribution in [1.29, 1.82) is 0 Å². The number of benzene rings is 1. The lowest BCUT2D eigenvalue weighted by Gasteiger charge is -2.06. The first-order valence-corrected chi connectivity index (χ1v) is 11.4. The van der Waals surface area contributed by atoms with Gasteiger partial charge in [-0.2, -0.15) is 5.10 Å². The Hall–Kier alpha value is -3.24. The van der Waals surface area contributed by atoms with Crippen molar-refractivity contribution < 1.29 is 17.9 Å². The molecule has 0 fully saturated rings. The molecule has 0 aliphatic carbocycles. The zero-order valence-corrected chi connectivity index (χ0v) is 17.6. The molecule has 30 heavy (non-hydrogen) atoms. The number of nitrogens with one attached hydrogen (secondary N) is 1. The van der Waals surface area contributed by atoms with Crippen LogP contribution in [0.4, 0.5) is 5.69 Å². The van der Waals surface area contributed by atoms with Crippen molar-refractivity contribution in [2.75, 3.05) is 11.3 Å². The SMILES string of the molecule is CCOC(=O)c1cc2cc(S(=O)(=O)Nc3cnn(Cc4ccncc4)c3)ccc2s1. The number of esters is 1. The molecule has 10 heteroatoms. The Morgan fingerprint density at radius 2 is 2.00 bits per heavy atom. The van der Waals surface area contributed by atoms with Crippen LogP contribution >= 0.6 is 11.3 Å². The molecule has 0 bridgehead atoms. The van der Waals surface area contributed by atoms with Gasteiger partial charge in [-0.25, -0.2) is 13.2 Å². The minimum Gasteiger partial charge on any atom is -0.462 e. The molecule has 0 aliphatic rings. The molecule has 4 aromatic rings. The lowest BCUT2D eigenvalue weighted by atomic mass is 10.2. The molecular weight excluding hydrogens is 424 g/mol. The Morgan fingerprint density at radius 1 is 1.20 bits per heavy atom. The van der Waals surface area contributed by atoms with Gasteiger partial charge >= 0.3 is 5.97 Å². The number of rotatable bonds is 7. The van der Waals surface area contributed by atoms with Crippen molar-refractivity contribution in [1.82, 2.24) is 14.8 Å². The summed E-state index contributed by atoms with van der Waals surface area (Å²) in [7, 11) is -3.81. The molecule has 0 saturated heterocycles. The highest BCUT2D eigenvalue weighted by atomic mass is 32.2. The van der Waals surface area contributed by atoms with E-state index in [9.17, 15) is 13.2 Å². The van der Waals surface area contributed by atoms with E-state index in [0.717, 1.165) is 10.3 Å². The van der Waals surface area contributed by atoms with Gasteiger partial charge in [-0.3, -0.25) is 14.4 Å². The average Bonchev–Trinajstić information content (AvgIpc) is 3.34. The highest BCUT2D eigenvalue weighted by molar-refractivity contribution is 7.92. The monoisotopic (exact) mass is 442 g/mol. The van der Waals surface area contributed by atoms with E-state index in [0.29, 0.717) is 22.5 Å². The first kappa shape index (κ1) is 20.0. The number of nitrogens with zero attached hydrogens (tertiary/aromatic N) is 3. The minimum atomic E-state index is -3.81. The van der Waals surface area contributed by atoms with Crippen molar-refractivity contribution in [2.24, 2.45) is 0 Å². The van der Waals surface area contributed by atoms with Crippen molar-refractivity contribution in [3.8, 4) is 0 Å². The van der Waals surface area contributed by atoms with Gasteiger partial charge in [0.1, 0.15) is 4.88 Å². The summed E-state index contributed by atoms with van der Waals surface area (Å²) in [6, 6.07) is 10.1. The second-order valence-electron chi connectivity index (χ2n) is 6.42. The summed E-state index contributed by atoms with van der Waals surface area (Å²) in [6.07, 6.45) is 6.47. The smallest absolute Gasteiger partial charge is 0.348 e. The number of hydrogen-bond acceptors (Lipinski definition) is 7. The molecule has 0 aliphatic heterocycles. The Bertz CT molecular complexity index is 1300. The number of pyridine rings is 1. The van der Waals surface area contributed by atoms with E-state index in [4.69, 9.17) is 4.74 Å². The summed E-state index contributed by atoms with van der Waals surface area (Å²) in [4.78, 5) is 16.4. The lowest BCUT2D eigenvalue weighted by Crippen LogP contribution is -2.12. The quantitative estimate of drug-likeness (QED) is 0.439. The maximum Gasteiger partial charge on any atom is 0.348 e. The standard InChI is InChI=1S/C20H18N4O4S2/c1-2-28-20(25)19-10-15-9-17(3-4-18(15)29-19)30(26,27)23-16-11-22-24(13-16)12-14-5-7-21-8-6-14/h3-11,13,23H,2,12H2,1H3. The van der Waals surface area contributed by atoms with E-state index in [-0.39, 0.29) is 11.5 Å². The van der Waals surface area contributed by atoms with Gasteiger partial charge in [0.05, 0.1) is 29.9 Å². The van der Waals surface area contributed by atoms with Gasteiger partial charge in [0.25, 0.3) is 10.0 Å². The fourth-order valence-electron chi connectivity index (χ4n) is 2.88. The predicted molar refractivity (Wildman–Crippen MR) is 114 cm³/mol. The number of ether oxygens (including phenoxy) is 1. The number of carbonyl (C=O) groups is 1. The molecule has 4 rings (SSSR count). The van der Waals surface area contributed by atoms with E-state index < -0.39 is 16.0 Å². The molecule has 1 aromatic carbocycles. The van der Waals surface area contributed by atoms with Crippen molar-refractivity contribution in [3.63, 3.8) is 0 Å². The van der Waals surface area contributed by atoms with Crippen LogP contribution in [0, 0.1) is 0 Å². The molecule has 0 saturated carbocycles. The van der Waals surface area contributed by atoms with Gasteiger partial charge in [-0.1, -0.05) is 0 Å². The first-order valence-electron chi connectivity index (χ1n) is 9.09. The summed E-state index contributed by atoms with van der Waals surface area (Å²) < 4.78 is 35.6. The van der Waals surface area contributed by atoms with Crippen LogP contribution in [0.3, 0.4) is 0 Å². The number of thiophene rings is 1. The molecule has 0 radical (unpaired) electrons. The molecule has 0 amide bonds. The van der Waals surface area contributed by atoms with Gasteiger partial charge in [0.2, 0.25) is 0 Å². The Labute approximate surface area is 177 Å². The molecule has 0 unspecified atom stereocenters. The zero-order chi connectivity index (χ0) is 21.1. The number of anilines is 1. The number of aromatic nitrogens is 3. The van der Waals surface area contributed by atoms with Crippen molar-refractivity contribution >= 4 is 43.1 Å².